The lowest BCUT2D eigenvalue weighted by Crippen LogP contribution is -2.23. The smallest absolute Gasteiger partial charge is 0.256 e. The van der Waals surface area contributed by atoms with E-state index >= 15 is 0 Å². The third-order valence-corrected chi connectivity index (χ3v) is 6.15. The van der Waals surface area contributed by atoms with Crippen molar-refractivity contribution in [1.82, 2.24) is 20.0 Å². The first-order chi connectivity index (χ1) is 17.6. The highest BCUT2D eigenvalue weighted by molar-refractivity contribution is 6.03. The first-order valence-electron chi connectivity index (χ1n) is 11.6. The van der Waals surface area contributed by atoms with E-state index in [0.29, 0.717) is 46.5 Å². The van der Waals surface area contributed by atoms with E-state index in [9.17, 15) is 4.79 Å². The van der Waals surface area contributed by atoms with Crippen LogP contribution in [-0.2, 0) is 6.54 Å². The van der Waals surface area contributed by atoms with E-state index < -0.39 is 0 Å². The number of pyridine rings is 1. The number of likely N-dealkylation sites (tertiary alicyclic amines) is 1. The molecule has 1 fully saturated rings. The Morgan fingerprint density at radius 1 is 1.22 bits per heavy atom. The van der Waals surface area contributed by atoms with Gasteiger partial charge in [0, 0.05) is 23.9 Å². The minimum absolute atomic E-state index is 0.0213. The summed E-state index contributed by atoms with van der Waals surface area (Å²) in [6, 6.07) is 20.2. The minimum atomic E-state index is -0.263. The zero-order valence-electron chi connectivity index (χ0n) is 19.7. The maximum Gasteiger partial charge on any atom is 0.256 e. The van der Waals surface area contributed by atoms with Crippen LogP contribution in [0.4, 0.5) is 5.82 Å². The van der Waals surface area contributed by atoms with E-state index in [-0.39, 0.29) is 11.9 Å². The van der Waals surface area contributed by atoms with Crippen LogP contribution in [-0.4, -0.2) is 39.6 Å². The Bertz CT molecular complexity index is 1390. The van der Waals surface area contributed by atoms with Crippen LogP contribution >= 0.6 is 0 Å². The molecule has 1 aliphatic heterocycles. The van der Waals surface area contributed by atoms with Crippen LogP contribution in [0.3, 0.4) is 0 Å². The molecule has 1 unspecified atom stereocenters. The summed E-state index contributed by atoms with van der Waals surface area (Å²) >= 11 is 0. The lowest BCUT2D eigenvalue weighted by Gasteiger charge is -2.21. The maximum absolute atomic E-state index is 12.5. The number of ether oxygens (including phenoxy) is 1. The van der Waals surface area contributed by atoms with Gasteiger partial charge in [0.2, 0.25) is 11.7 Å². The van der Waals surface area contributed by atoms with Crippen LogP contribution in [0.25, 0.3) is 11.4 Å². The lowest BCUT2D eigenvalue weighted by atomic mass is 10.1. The van der Waals surface area contributed by atoms with Gasteiger partial charge in [-0.3, -0.25) is 9.69 Å². The first-order valence-corrected chi connectivity index (χ1v) is 11.6. The van der Waals surface area contributed by atoms with Gasteiger partial charge < -0.3 is 14.6 Å². The largest absolute Gasteiger partial charge is 0.497 e. The molecule has 2 aromatic carbocycles. The number of carbonyl (C=O) groups is 1. The Hall–Kier alpha value is -4.55. The van der Waals surface area contributed by atoms with Crippen LogP contribution in [0.5, 0.6) is 5.75 Å². The molecule has 180 valence electrons. The first kappa shape index (κ1) is 23.2. The molecule has 0 aliphatic carbocycles. The molecule has 0 radical (unpaired) electrons. The summed E-state index contributed by atoms with van der Waals surface area (Å²) in [6.07, 6.45) is 3.57. The van der Waals surface area contributed by atoms with Gasteiger partial charge in [0.25, 0.3) is 5.91 Å². The molecular weight excluding hydrogens is 456 g/mol. The van der Waals surface area contributed by atoms with Gasteiger partial charge in [0.15, 0.2) is 0 Å². The van der Waals surface area contributed by atoms with Gasteiger partial charge in [-0.05, 0) is 73.5 Å². The number of benzene rings is 2. The van der Waals surface area contributed by atoms with Crippen molar-refractivity contribution in [2.24, 2.45) is 0 Å². The van der Waals surface area contributed by atoms with Gasteiger partial charge in [-0.1, -0.05) is 17.3 Å². The van der Waals surface area contributed by atoms with Gasteiger partial charge in [-0.15, -0.1) is 0 Å². The van der Waals surface area contributed by atoms with Crippen molar-refractivity contribution in [3.8, 4) is 23.2 Å². The lowest BCUT2D eigenvalue weighted by molar-refractivity contribution is 0.102. The van der Waals surface area contributed by atoms with Gasteiger partial charge in [-0.25, -0.2) is 4.98 Å². The molecule has 0 saturated carbocycles. The number of nitrogens with one attached hydrogen (secondary N) is 1. The number of hydrogen-bond donors (Lipinski definition) is 1. The SMILES string of the molecule is COc1ccc(C(=O)Nc2ccc(-c3noc(C4CCCN4Cc4cccc(C#N)c4)n3)cn2)cc1. The second-order valence-electron chi connectivity index (χ2n) is 8.51. The fourth-order valence-corrected chi connectivity index (χ4v) is 4.29. The highest BCUT2D eigenvalue weighted by atomic mass is 16.5. The Balaban J connectivity index is 1.25. The zero-order chi connectivity index (χ0) is 24.9. The highest BCUT2D eigenvalue weighted by Crippen LogP contribution is 2.33. The summed E-state index contributed by atoms with van der Waals surface area (Å²) in [6.45, 7) is 1.63. The molecule has 9 heteroatoms. The molecule has 1 N–H and O–H groups in total. The molecule has 1 amide bonds. The van der Waals surface area contributed by atoms with Gasteiger partial charge in [0.05, 0.1) is 24.8 Å². The molecule has 1 atom stereocenters. The van der Waals surface area contributed by atoms with Crippen molar-refractivity contribution >= 4 is 11.7 Å². The molecule has 9 nitrogen and oxygen atoms in total. The summed E-state index contributed by atoms with van der Waals surface area (Å²) < 4.78 is 10.7. The van der Waals surface area contributed by atoms with Crippen LogP contribution in [0.2, 0.25) is 0 Å². The second kappa shape index (κ2) is 10.4. The number of anilines is 1. The fourth-order valence-electron chi connectivity index (χ4n) is 4.29. The van der Waals surface area contributed by atoms with Gasteiger partial charge >= 0.3 is 0 Å². The van der Waals surface area contributed by atoms with E-state index in [1.165, 1.54) is 0 Å². The van der Waals surface area contributed by atoms with Crippen molar-refractivity contribution in [2.45, 2.75) is 25.4 Å². The van der Waals surface area contributed by atoms with Crippen molar-refractivity contribution in [3.05, 3.63) is 89.4 Å². The van der Waals surface area contributed by atoms with Crippen LogP contribution in [0.1, 0.15) is 46.3 Å². The van der Waals surface area contributed by atoms with E-state index in [1.807, 2.05) is 18.2 Å². The molecule has 1 saturated heterocycles. The van der Waals surface area contributed by atoms with Crippen LogP contribution in [0, 0.1) is 11.3 Å². The standard InChI is InChI=1S/C27H24N6O3/c1-35-22-10-7-20(8-11-22)26(34)30-24-12-9-21(16-29-24)25-31-27(36-32-25)23-6-3-13-33(23)17-19-5-2-4-18(14-19)15-28/h2,4-5,7-12,14,16,23H,3,6,13,17H2,1H3,(H,29,30,34). The quantitative estimate of drug-likeness (QED) is 0.408. The second-order valence-corrected chi connectivity index (χ2v) is 8.51. The number of amides is 1. The number of carbonyl (C=O) groups excluding carboxylic acids is 1. The number of methoxy groups -OCH3 is 1. The van der Waals surface area contributed by atoms with Crippen molar-refractivity contribution in [3.63, 3.8) is 0 Å². The highest BCUT2D eigenvalue weighted by Gasteiger charge is 2.31. The summed E-state index contributed by atoms with van der Waals surface area (Å²) in [5, 5.41) is 16.1. The summed E-state index contributed by atoms with van der Waals surface area (Å²) in [5.41, 5.74) is 2.93. The molecule has 0 spiro atoms. The Morgan fingerprint density at radius 3 is 2.83 bits per heavy atom. The predicted octanol–water partition coefficient (Wildman–Crippen LogP) is 4.60. The number of nitriles is 1. The molecule has 2 aromatic heterocycles. The van der Waals surface area contributed by atoms with Crippen molar-refractivity contribution < 1.29 is 14.1 Å². The minimum Gasteiger partial charge on any atom is -0.497 e. The molecule has 1 aliphatic rings. The average Bonchev–Trinajstić information content (AvgIpc) is 3.59. The number of rotatable bonds is 7. The average molecular weight is 481 g/mol. The normalized spacial score (nSPS) is 15.4. The summed E-state index contributed by atoms with van der Waals surface area (Å²) in [7, 11) is 1.58. The van der Waals surface area contributed by atoms with E-state index in [2.05, 4.69) is 31.4 Å². The Kier molecular flexibility index (Phi) is 6.69. The Labute approximate surface area is 208 Å². The third kappa shape index (κ3) is 5.09. The fraction of sp³-hybridized carbons (Fsp3) is 0.222. The summed E-state index contributed by atoms with van der Waals surface area (Å²) in [5.74, 6) is 1.85. The molecule has 5 rings (SSSR count). The van der Waals surface area contributed by atoms with Crippen LogP contribution in [0.15, 0.2) is 71.4 Å². The van der Waals surface area contributed by atoms with Crippen molar-refractivity contribution in [2.75, 3.05) is 19.0 Å². The predicted molar refractivity (Wildman–Crippen MR) is 132 cm³/mol. The van der Waals surface area contributed by atoms with Gasteiger partial charge in [0.1, 0.15) is 11.6 Å². The number of aromatic nitrogens is 3. The Morgan fingerprint density at radius 2 is 2.08 bits per heavy atom. The van der Waals surface area contributed by atoms with Gasteiger partial charge in [-0.2, -0.15) is 10.2 Å². The summed E-state index contributed by atoms with van der Waals surface area (Å²) in [4.78, 5) is 23.7. The zero-order valence-corrected chi connectivity index (χ0v) is 19.7. The molecule has 3 heterocycles. The third-order valence-electron chi connectivity index (χ3n) is 6.15. The van der Waals surface area contributed by atoms with E-state index in [1.54, 1.807) is 55.8 Å². The molecule has 0 bridgehead atoms. The number of hydrogen-bond acceptors (Lipinski definition) is 8. The van der Waals surface area contributed by atoms with E-state index in [4.69, 9.17) is 14.5 Å². The number of nitrogens with zero attached hydrogens (tertiary/aromatic N) is 5. The monoisotopic (exact) mass is 480 g/mol. The van der Waals surface area contributed by atoms with E-state index in [0.717, 1.165) is 24.9 Å². The van der Waals surface area contributed by atoms with Crippen molar-refractivity contribution in [1.29, 1.82) is 5.26 Å². The molecule has 4 aromatic rings. The molecule has 36 heavy (non-hydrogen) atoms. The molecular formula is C27H24N6O3. The topological polar surface area (TPSA) is 117 Å². The van der Waals surface area contributed by atoms with Crippen LogP contribution < -0.4 is 10.1 Å². The maximum atomic E-state index is 12.5.